The van der Waals surface area contributed by atoms with Crippen LogP contribution in [0.5, 0.6) is 0 Å². The number of anilines is 1. The van der Waals surface area contributed by atoms with Gasteiger partial charge in [0.15, 0.2) is 0 Å². The van der Waals surface area contributed by atoms with Crippen molar-refractivity contribution in [3.8, 4) is 11.3 Å². The number of benzene rings is 2. The standard InChI is InChI=1S/C22H16ClN3O4/c1-12-2-7-15(10-18(12)23)26-22(29)17(21(28)25-26)11-16-8-9-19(30-16)13-3-5-14(6-4-13)20(24)27/h2-11H,1H3,(H2,24,27)(H,25,28)/b17-11-. The van der Waals surface area contributed by atoms with Gasteiger partial charge < -0.3 is 10.2 Å². The molecule has 0 aliphatic carbocycles. The first-order valence-electron chi connectivity index (χ1n) is 8.97. The molecule has 1 saturated heterocycles. The van der Waals surface area contributed by atoms with E-state index in [1.165, 1.54) is 6.08 Å². The third-order valence-corrected chi connectivity index (χ3v) is 5.08. The van der Waals surface area contributed by atoms with E-state index < -0.39 is 17.7 Å². The molecular weight excluding hydrogens is 406 g/mol. The van der Waals surface area contributed by atoms with Crippen molar-refractivity contribution in [3.05, 3.63) is 82.1 Å². The summed E-state index contributed by atoms with van der Waals surface area (Å²) in [6.07, 6.45) is 1.38. The van der Waals surface area contributed by atoms with E-state index in [9.17, 15) is 14.4 Å². The van der Waals surface area contributed by atoms with Crippen molar-refractivity contribution in [1.82, 2.24) is 5.43 Å². The fraction of sp³-hybridized carbons (Fsp3) is 0.0455. The number of hydrazine groups is 1. The molecular formula is C22H16ClN3O4. The third kappa shape index (κ3) is 3.58. The van der Waals surface area contributed by atoms with Crippen molar-refractivity contribution >= 4 is 41.1 Å². The van der Waals surface area contributed by atoms with Gasteiger partial charge in [-0.1, -0.05) is 29.8 Å². The highest BCUT2D eigenvalue weighted by atomic mass is 35.5. The van der Waals surface area contributed by atoms with E-state index in [1.54, 1.807) is 54.6 Å². The SMILES string of the molecule is Cc1ccc(N2NC(=O)/C(=C/c3ccc(-c4ccc(C(N)=O)cc4)o3)C2=O)cc1Cl. The zero-order valence-electron chi connectivity index (χ0n) is 15.8. The number of amides is 3. The molecule has 0 unspecified atom stereocenters. The second-order valence-electron chi connectivity index (χ2n) is 6.72. The molecule has 0 atom stereocenters. The Bertz CT molecular complexity index is 1210. The van der Waals surface area contributed by atoms with Gasteiger partial charge in [-0.3, -0.25) is 19.8 Å². The van der Waals surface area contributed by atoms with E-state index in [1.807, 2.05) is 6.92 Å². The molecule has 8 heteroatoms. The largest absolute Gasteiger partial charge is 0.457 e. The fourth-order valence-electron chi connectivity index (χ4n) is 2.99. The summed E-state index contributed by atoms with van der Waals surface area (Å²) in [5.41, 5.74) is 10.1. The number of furan rings is 1. The second kappa shape index (κ2) is 7.53. The van der Waals surface area contributed by atoms with Gasteiger partial charge in [-0.2, -0.15) is 0 Å². The van der Waals surface area contributed by atoms with Crippen LogP contribution in [0.3, 0.4) is 0 Å². The van der Waals surface area contributed by atoms with Crippen LogP contribution in [0.25, 0.3) is 17.4 Å². The molecule has 0 radical (unpaired) electrons. The van der Waals surface area contributed by atoms with Crippen LogP contribution >= 0.6 is 11.6 Å². The Morgan fingerprint density at radius 1 is 1.10 bits per heavy atom. The number of nitrogens with two attached hydrogens (primary N) is 1. The minimum atomic E-state index is -0.541. The van der Waals surface area contributed by atoms with Gasteiger partial charge in [0.05, 0.1) is 5.69 Å². The van der Waals surface area contributed by atoms with E-state index in [0.29, 0.717) is 27.8 Å². The summed E-state index contributed by atoms with van der Waals surface area (Å²) in [4.78, 5) is 36.3. The lowest BCUT2D eigenvalue weighted by molar-refractivity contribution is -0.117. The molecule has 7 nitrogen and oxygen atoms in total. The molecule has 0 spiro atoms. The molecule has 1 aliphatic rings. The number of hydrogen-bond acceptors (Lipinski definition) is 4. The topological polar surface area (TPSA) is 106 Å². The summed E-state index contributed by atoms with van der Waals surface area (Å²) in [5, 5.41) is 1.64. The van der Waals surface area contributed by atoms with E-state index in [-0.39, 0.29) is 5.57 Å². The molecule has 1 aliphatic heterocycles. The summed E-state index contributed by atoms with van der Waals surface area (Å²) in [6.45, 7) is 1.84. The molecule has 30 heavy (non-hydrogen) atoms. The highest BCUT2D eigenvalue weighted by Gasteiger charge is 2.35. The van der Waals surface area contributed by atoms with Crippen molar-refractivity contribution in [2.24, 2.45) is 5.73 Å². The van der Waals surface area contributed by atoms with Crippen LogP contribution in [0.2, 0.25) is 5.02 Å². The minimum absolute atomic E-state index is 0.0586. The van der Waals surface area contributed by atoms with Gasteiger partial charge in [0.25, 0.3) is 11.8 Å². The van der Waals surface area contributed by atoms with Crippen molar-refractivity contribution < 1.29 is 18.8 Å². The lowest BCUT2D eigenvalue weighted by Gasteiger charge is -2.15. The van der Waals surface area contributed by atoms with Gasteiger partial charge >= 0.3 is 0 Å². The summed E-state index contributed by atoms with van der Waals surface area (Å²) in [5.74, 6) is -0.710. The first-order chi connectivity index (χ1) is 14.3. The number of hydrogen-bond donors (Lipinski definition) is 2. The molecule has 3 amide bonds. The average Bonchev–Trinajstić information content (AvgIpc) is 3.30. The van der Waals surface area contributed by atoms with E-state index in [2.05, 4.69) is 5.43 Å². The number of halogens is 1. The number of carbonyl (C=O) groups excluding carboxylic acids is 3. The minimum Gasteiger partial charge on any atom is -0.457 e. The van der Waals surface area contributed by atoms with Gasteiger partial charge in [0.2, 0.25) is 5.91 Å². The maximum Gasteiger partial charge on any atom is 0.282 e. The third-order valence-electron chi connectivity index (χ3n) is 4.67. The van der Waals surface area contributed by atoms with E-state index in [4.69, 9.17) is 21.8 Å². The van der Waals surface area contributed by atoms with Crippen molar-refractivity contribution in [2.75, 3.05) is 5.01 Å². The van der Waals surface area contributed by atoms with Gasteiger partial charge in [-0.05, 0) is 55.0 Å². The molecule has 1 fully saturated rings. The van der Waals surface area contributed by atoms with Crippen LogP contribution in [0.4, 0.5) is 5.69 Å². The lowest BCUT2D eigenvalue weighted by Crippen LogP contribution is -2.35. The van der Waals surface area contributed by atoms with Gasteiger partial charge in [-0.25, -0.2) is 5.01 Å². The van der Waals surface area contributed by atoms with E-state index >= 15 is 0 Å². The lowest BCUT2D eigenvalue weighted by atomic mass is 10.1. The molecule has 4 rings (SSSR count). The number of nitrogens with zero attached hydrogens (tertiary/aromatic N) is 1. The molecule has 2 aromatic carbocycles. The number of primary amides is 1. The highest BCUT2D eigenvalue weighted by molar-refractivity contribution is 6.33. The monoisotopic (exact) mass is 421 g/mol. The van der Waals surface area contributed by atoms with Crippen LogP contribution in [0.15, 0.2) is 64.6 Å². The Morgan fingerprint density at radius 2 is 1.83 bits per heavy atom. The smallest absolute Gasteiger partial charge is 0.282 e. The number of rotatable bonds is 4. The Hall–Kier alpha value is -3.84. The van der Waals surface area contributed by atoms with Crippen LogP contribution in [-0.2, 0) is 9.59 Å². The summed E-state index contributed by atoms with van der Waals surface area (Å²) in [7, 11) is 0. The summed E-state index contributed by atoms with van der Waals surface area (Å²) >= 11 is 6.12. The number of carbonyl (C=O) groups is 3. The first kappa shape index (κ1) is 19.5. The molecule has 1 aromatic heterocycles. The molecule has 3 N–H and O–H groups in total. The average molecular weight is 422 g/mol. The molecule has 2 heterocycles. The van der Waals surface area contributed by atoms with Crippen LogP contribution in [0.1, 0.15) is 21.7 Å². The maximum atomic E-state index is 12.7. The Morgan fingerprint density at radius 3 is 2.50 bits per heavy atom. The predicted octanol–water partition coefficient (Wildman–Crippen LogP) is 3.47. The molecule has 0 saturated carbocycles. The maximum absolute atomic E-state index is 12.7. The van der Waals surface area contributed by atoms with Crippen molar-refractivity contribution in [3.63, 3.8) is 0 Å². The molecule has 150 valence electrons. The van der Waals surface area contributed by atoms with Gasteiger partial charge in [0.1, 0.15) is 17.1 Å². The first-order valence-corrected chi connectivity index (χ1v) is 9.34. The fourth-order valence-corrected chi connectivity index (χ4v) is 3.16. The summed E-state index contributed by atoms with van der Waals surface area (Å²) < 4.78 is 5.74. The van der Waals surface area contributed by atoms with Crippen LogP contribution < -0.4 is 16.2 Å². The van der Waals surface area contributed by atoms with Crippen molar-refractivity contribution in [1.29, 1.82) is 0 Å². The van der Waals surface area contributed by atoms with Crippen molar-refractivity contribution in [2.45, 2.75) is 6.92 Å². The predicted molar refractivity (Wildman–Crippen MR) is 112 cm³/mol. The molecule has 0 bridgehead atoms. The zero-order valence-corrected chi connectivity index (χ0v) is 16.6. The normalized spacial score (nSPS) is 15.0. The molecule has 3 aromatic rings. The zero-order chi connectivity index (χ0) is 21.4. The Labute approximate surface area is 176 Å². The van der Waals surface area contributed by atoms with Gasteiger partial charge in [0, 0.05) is 16.1 Å². The van der Waals surface area contributed by atoms with Crippen LogP contribution in [0, 0.1) is 6.92 Å². The number of nitrogens with one attached hydrogen (secondary N) is 1. The van der Waals surface area contributed by atoms with E-state index in [0.717, 1.165) is 16.1 Å². The quantitative estimate of drug-likeness (QED) is 0.497. The number of aryl methyl sites for hydroxylation is 1. The Kier molecular flexibility index (Phi) is 4.89. The van der Waals surface area contributed by atoms with Crippen LogP contribution in [-0.4, -0.2) is 17.7 Å². The second-order valence-corrected chi connectivity index (χ2v) is 7.12. The van der Waals surface area contributed by atoms with Gasteiger partial charge in [-0.15, -0.1) is 0 Å². The Balaban J connectivity index is 1.59. The summed E-state index contributed by atoms with van der Waals surface area (Å²) in [6, 6.07) is 15.0. The highest BCUT2D eigenvalue weighted by Crippen LogP contribution is 2.28.